The molecular weight excluding hydrogens is 300 g/mol. The van der Waals surface area contributed by atoms with Crippen LogP contribution in [0.1, 0.15) is 18.2 Å². The first-order chi connectivity index (χ1) is 5.72. The third kappa shape index (κ3) is 3.58. The van der Waals surface area contributed by atoms with Crippen molar-refractivity contribution in [3.8, 4) is 0 Å². The highest BCUT2D eigenvalue weighted by Crippen LogP contribution is 2.24. The van der Waals surface area contributed by atoms with Crippen molar-refractivity contribution in [2.45, 2.75) is 19.8 Å². The van der Waals surface area contributed by atoms with Gasteiger partial charge in [0.15, 0.2) is 0 Å². The van der Waals surface area contributed by atoms with Crippen LogP contribution in [0.5, 0.6) is 0 Å². The van der Waals surface area contributed by atoms with Crippen LogP contribution in [0, 0.1) is 5.92 Å². The van der Waals surface area contributed by atoms with Gasteiger partial charge in [0, 0.05) is 10.2 Å². The second-order valence-electron chi connectivity index (χ2n) is 3.00. The molecule has 0 N–H and O–H groups in total. The van der Waals surface area contributed by atoms with E-state index in [4.69, 9.17) is 0 Å². The fourth-order valence-corrected chi connectivity index (χ4v) is 2.77. The van der Waals surface area contributed by atoms with Crippen molar-refractivity contribution >= 4 is 43.2 Å². The highest BCUT2D eigenvalue weighted by atomic mass is 79.9. The molecule has 1 aromatic rings. The Hall–Kier alpha value is 0.660. The summed E-state index contributed by atoms with van der Waals surface area (Å²) in [6.45, 7) is 2.28. The van der Waals surface area contributed by atoms with Crippen LogP contribution >= 0.6 is 43.2 Å². The lowest BCUT2D eigenvalue weighted by Crippen LogP contribution is -1.96. The minimum absolute atomic E-state index is 0.783. The molecule has 0 aliphatic heterocycles. The van der Waals surface area contributed by atoms with E-state index in [0.29, 0.717) is 0 Å². The zero-order valence-corrected chi connectivity index (χ0v) is 11.0. The molecule has 0 amide bonds. The first kappa shape index (κ1) is 10.7. The van der Waals surface area contributed by atoms with E-state index in [1.165, 1.54) is 21.5 Å². The molecule has 0 aliphatic rings. The van der Waals surface area contributed by atoms with Crippen molar-refractivity contribution in [3.63, 3.8) is 0 Å². The van der Waals surface area contributed by atoms with E-state index in [2.05, 4.69) is 50.9 Å². The van der Waals surface area contributed by atoms with Crippen LogP contribution < -0.4 is 0 Å². The van der Waals surface area contributed by atoms with Crippen LogP contribution in [0.2, 0.25) is 0 Å². The second kappa shape index (κ2) is 5.40. The van der Waals surface area contributed by atoms with Crippen molar-refractivity contribution in [1.82, 2.24) is 0 Å². The molecule has 68 valence electrons. The summed E-state index contributed by atoms with van der Waals surface area (Å²) in [6.07, 6.45) is 2.49. The van der Waals surface area contributed by atoms with Crippen LogP contribution in [0.25, 0.3) is 0 Å². The van der Waals surface area contributed by atoms with Gasteiger partial charge in [-0.25, -0.2) is 0 Å². The zero-order chi connectivity index (χ0) is 8.97. The van der Waals surface area contributed by atoms with Crippen LogP contribution in [0.15, 0.2) is 15.9 Å². The maximum Gasteiger partial charge on any atom is 0.0701 e. The first-order valence-corrected chi connectivity index (χ1v) is 6.75. The van der Waals surface area contributed by atoms with E-state index in [1.54, 1.807) is 0 Å². The summed E-state index contributed by atoms with van der Waals surface area (Å²) in [5, 5.41) is 1.11. The standard InChI is InChI=1S/C9H12Br2S/c1-7(6-10)2-3-8-4-5-9(11)12-8/h4-5,7H,2-3,6H2,1H3. The Morgan fingerprint density at radius 2 is 2.25 bits per heavy atom. The number of rotatable bonds is 4. The lowest BCUT2D eigenvalue weighted by atomic mass is 10.1. The first-order valence-electron chi connectivity index (χ1n) is 4.02. The van der Waals surface area contributed by atoms with Gasteiger partial charge in [-0.3, -0.25) is 0 Å². The van der Waals surface area contributed by atoms with Gasteiger partial charge in [0.25, 0.3) is 0 Å². The van der Waals surface area contributed by atoms with E-state index in [0.717, 1.165) is 11.2 Å². The number of alkyl halides is 1. The average Bonchev–Trinajstić information content (AvgIpc) is 2.47. The van der Waals surface area contributed by atoms with Gasteiger partial charge in [0.1, 0.15) is 0 Å². The summed E-state index contributed by atoms with van der Waals surface area (Å²) >= 11 is 8.79. The van der Waals surface area contributed by atoms with E-state index in [9.17, 15) is 0 Å². The lowest BCUT2D eigenvalue weighted by molar-refractivity contribution is 0.603. The molecule has 3 heteroatoms. The molecule has 1 unspecified atom stereocenters. The van der Waals surface area contributed by atoms with Crippen molar-refractivity contribution in [2.24, 2.45) is 5.92 Å². The van der Waals surface area contributed by atoms with Crippen LogP contribution in [0.3, 0.4) is 0 Å². The molecule has 1 atom stereocenters. The molecule has 0 saturated carbocycles. The molecule has 12 heavy (non-hydrogen) atoms. The number of halogens is 2. The Kier molecular flexibility index (Phi) is 4.84. The van der Waals surface area contributed by atoms with Gasteiger partial charge in [-0.2, -0.15) is 0 Å². The lowest BCUT2D eigenvalue weighted by Gasteiger charge is -2.04. The Morgan fingerprint density at radius 1 is 1.50 bits per heavy atom. The molecular formula is C9H12Br2S. The van der Waals surface area contributed by atoms with Gasteiger partial charge in [-0.05, 0) is 46.8 Å². The van der Waals surface area contributed by atoms with Crippen molar-refractivity contribution in [1.29, 1.82) is 0 Å². The monoisotopic (exact) mass is 310 g/mol. The predicted molar refractivity (Wildman–Crippen MR) is 63.3 cm³/mol. The molecule has 0 aliphatic carbocycles. The van der Waals surface area contributed by atoms with Crippen LogP contribution in [-0.4, -0.2) is 5.33 Å². The van der Waals surface area contributed by atoms with Crippen molar-refractivity contribution in [3.05, 3.63) is 20.8 Å². The molecule has 1 aromatic heterocycles. The molecule has 0 radical (unpaired) electrons. The summed E-state index contributed by atoms with van der Waals surface area (Å²) in [5.74, 6) is 0.783. The molecule has 0 saturated heterocycles. The Labute approximate surface area is 94.6 Å². The maximum atomic E-state index is 3.49. The largest absolute Gasteiger partial charge is 0.133 e. The fraction of sp³-hybridized carbons (Fsp3) is 0.556. The van der Waals surface area contributed by atoms with E-state index < -0.39 is 0 Å². The smallest absolute Gasteiger partial charge is 0.0701 e. The van der Waals surface area contributed by atoms with Crippen LogP contribution in [-0.2, 0) is 6.42 Å². The van der Waals surface area contributed by atoms with E-state index >= 15 is 0 Å². The van der Waals surface area contributed by atoms with E-state index in [1.807, 2.05) is 11.3 Å². The van der Waals surface area contributed by atoms with Gasteiger partial charge in [0.2, 0.25) is 0 Å². The van der Waals surface area contributed by atoms with Gasteiger partial charge in [-0.1, -0.05) is 22.9 Å². The SMILES string of the molecule is CC(CBr)CCc1ccc(Br)s1. The third-order valence-electron chi connectivity index (χ3n) is 1.78. The topological polar surface area (TPSA) is 0 Å². The molecule has 1 rings (SSSR count). The molecule has 0 aromatic carbocycles. The highest BCUT2D eigenvalue weighted by molar-refractivity contribution is 9.11. The highest BCUT2D eigenvalue weighted by Gasteiger charge is 2.02. The van der Waals surface area contributed by atoms with Gasteiger partial charge in [-0.15, -0.1) is 11.3 Å². The summed E-state index contributed by atoms with van der Waals surface area (Å²) in [7, 11) is 0. The fourth-order valence-electron chi connectivity index (χ4n) is 0.952. The molecule has 1 heterocycles. The Bertz CT molecular complexity index is 232. The average molecular weight is 312 g/mol. The minimum atomic E-state index is 0.783. The zero-order valence-electron chi connectivity index (χ0n) is 7.02. The maximum absolute atomic E-state index is 3.49. The molecule has 0 fully saturated rings. The summed E-state index contributed by atoms with van der Waals surface area (Å²) < 4.78 is 1.24. The van der Waals surface area contributed by atoms with Crippen LogP contribution in [0.4, 0.5) is 0 Å². The van der Waals surface area contributed by atoms with Crippen molar-refractivity contribution < 1.29 is 0 Å². The Balaban J connectivity index is 2.33. The van der Waals surface area contributed by atoms with Gasteiger partial charge < -0.3 is 0 Å². The molecule has 0 spiro atoms. The molecule has 0 nitrogen and oxygen atoms in total. The molecule has 0 bridgehead atoms. The second-order valence-corrected chi connectivity index (χ2v) is 6.20. The normalized spacial score (nSPS) is 13.2. The number of hydrogen-bond acceptors (Lipinski definition) is 1. The predicted octanol–water partition coefficient (Wildman–Crippen LogP) is 4.47. The van der Waals surface area contributed by atoms with Gasteiger partial charge in [0.05, 0.1) is 3.79 Å². The van der Waals surface area contributed by atoms with Gasteiger partial charge >= 0.3 is 0 Å². The Morgan fingerprint density at radius 3 is 2.75 bits per heavy atom. The third-order valence-corrected chi connectivity index (χ3v) is 4.56. The van der Waals surface area contributed by atoms with Crippen molar-refractivity contribution in [2.75, 3.05) is 5.33 Å². The quantitative estimate of drug-likeness (QED) is 0.719. The summed E-state index contributed by atoms with van der Waals surface area (Å²) in [5.41, 5.74) is 0. The number of hydrogen-bond donors (Lipinski definition) is 0. The minimum Gasteiger partial charge on any atom is -0.133 e. The van der Waals surface area contributed by atoms with E-state index in [-0.39, 0.29) is 0 Å². The summed E-state index contributed by atoms with van der Waals surface area (Å²) in [6, 6.07) is 4.33. The number of thiophene rings is 1. The number of aryl methyl sites for hydroxylation is 1. The summed E-state index contributed by atoms with van der Waals surface area (Å²) in [4.78, 5) is 1.48.